The fraction of sp³-hybridized carbons (Fsp3) is 0.111. The first kappa shape index (κ1) is 15.1. The lowest BCUT2D eigenvalue weighted by Crippen LogP contribution is -2.16. The molecule has 0 amide bonds. The molecule has 0 atom stereocenters. The summed E-state index contributed by atoms with van der Waals surface area (Å²) in [6.45, 7) is 0. The van der Waals surface area contributed by atoms with E-state index in [-0.39, 0.29) is 5.43 Å². The maximum Gasteiger partial charge on any atom is 0.203 e. The molecule has 7 nitrogen and oxygen atoms in total. The molecule has 124 valence electrons. The summed E-state index contributed by atoms with van der Waals surface area (Å²) in [5.41, 5.74) is 3.18. The van der Waals surface area contributed by atoms with Gasteiger partial charge in [-0.3, -0.25) is 9.48 Å². The second kappa shape index (κ2) is 6.20. The van der Waals surface area contributed by atoms with Gasteiger partial charge in [0.2, 0.25) is 5.43 Å². The Hall–Kier alpha value is -3.48. The summed E-state index contributed by atoms with van der Waals surface area (Å²) < 4.78 is 5.15. The number of nitrogens with zero attached hydrogens (tertiary/aromatic N) is 6. The molecule has 0 aliphatic rings. The zero-order valence-electron chi connectivity index (χ0n) is 13.6. The van der Waals surface area contributed by atoms with Gasteiger partial charge in [-0.1, -0.05) is 12.1 Å². The van der Waals surface area contributed by atoms with E-state index >= 15 is 0 Å². The zero-order chi connectivity index (χ0) is 17.2. The van der Waals surface area contributed by atoms with Crippen molar-refractivity contribution < 1.29 is 0 Å². The van der Waals surface area contributed by atoms with Crippen molar-refractivity contribution in [1.82, 2.24) is 29.3 Å². The van der Waals surface area contributed by atoms with Gasteiger partial charge in [0.25, 0.3) is 0 Å². The quantitative estimate of drug-likeness (QED) is 0.571. The molecule has 3 aromatic heterocycles. The topological polar surface area (TPSA) is 70.5 Å². The summed E-state index contributed by atoms with van der Waals surface area (Å²) in [5, 5.41) is 12.8. The number of hydrogen-bond acceptors (Lipinski definition) is 4. The van der Waals surface area contributed by atoms with Crippen molar-refractivity contribution in [1.29, 1.82) is 0 Å². The fourth-order valence-electron chi connectivity index (χ4n) is 2.66. The Morgan fingerprint density at radius 1 is 1.00 bits per heavy atom. The lowest BCUT2D eigenvalue weighted by molar-refractivity contribution is 0.762. The van der Waals surface area contributed by atoms with Crippen molar-refractivity contribution in [3.8, 4) is 11.4 Å². The van der Waals surface area contributed by atoms with Crippen LogP contribution in [0.4, 0.5) is 0 Å². The van der Waals surface area contributed by atoms with Gasteiger partial charge in [0.15, 0.2) is 0 Å². The van der Waals surface area contributed by atoms with E-state index in [1.54, 1.807) is 32.6 Å². The zero-order valence-corrected chi connectivity index (χ0v) is 13.6. The summed E-state index contributed by atoms with van der Waals surface area (Å²) in [5.74, 6) is 0. The maximum atomic E-state index is 12.2. The van der Waals surface area contributed by atoms with Gasteiger partial charge in [0.1, 0.15) is 11.4 Å². The highest BCUT2D eigenvalue weighted by molar-refractivity contribution is 5.36. The Kier molecular flexibility index (Phi) is 3.74. The maximum absolute atomic E-state index is 12.2. The minimum Gasteiger partial charge on any atom is -0.288 e. The molecular weight excluding hydrogens is 316 g/mol. The molecule has 0 bridgehead atoms. The van der Waals surface area contributed by atoms with E-state index < -0.39 is 0 Å². The van der Waals surface area contributed by atoms with Gasteiger partial charge in [-0.15, -0.1) is 0 Å². The monoisotopic (exact) mass is 332 g/mol. The Bertz CT molecular complexity index is 1060. The van der Waals surface area contributed by atoms with Gasteiger partial charge in [0.05, 0.1) is 18.1 Å². The Labute approximate surface area is 143 Å². The van der Waals surface area contributed by atoms with Gasteiger partial charge < -0.3 is 0 Å². The largest absolute Gasteiger partial charge is 0.288 e. The van der Waals surface area contributed by atoms with Crippen molar-refractivity contribution in [2.45, 2.75) is 6.42 Å². The fourth-order valence-corrected chi connectivity index (χ4v) is 2.66. The van der Waals surface area contributed by atoms with E-state index in [0.29, 0.717) is 12.1 Å². The van der Waals surface area contributed by atoms with E-state index in [1.165, 1.54) is 6.07 Å². The molecule has 0 N–H and O–H groups in total. The third-order valence-corrected chi connectivity index (χ3v) is 3.89. The summed E-state index contributed by atoms with van der Waals surface area (Å²) >= 11 is 0. The Balaban J connectivity index is 1.67. The van der Waals surface area contributed by atoms with Crippen LogP contribution in [-0.4, -0.2) is 29.3 Å². The third kappa shape index (κ3) is 3.12. The molecule has 1 aromatic carbocycles. The Morgan fingerprint density at radius 2 is 1.92 bits per heavy atom. The highest BCUT2D eigenvalue weighted by Gasteiger charge is 2.07. The standard InChI is InChI=1S/C18H16N6O/c1-22-13-16(12-20-22)24-9-6-18(25)17(21-24)11-14-4-2-5-15(10-14)23-8-3-7-19-23/h2-10,12-13H,11H2,1H3. The second-order valence-electron chi connectivity index (χ2n) is 5.74. The van der Waals surface area contributed by atoms with E-state index in [4.69, 9.17) is 0 Å². The number of hydrogen-bond donors (Lipinski definition) is 0. The van der Waals surface area contributed by atoms with Gasteiger partial charge >= 0.3 is 0 Å². The van der Waals surface area contributed by atoms with Gasteiger partial charge in [-0.2, -0.15) is 15.3 Å². The van der Waals surface area contributed by atoms with Crippen molar-refractivity contribution in [3.63, 3.8) is 0 Å². The summed E-state index contributed by atoms with van der Waals surface area (Å²) in [7, 11) is 1.84. The van der Waals surface area contributed by atoms with Crippen LogP contribution in [-0.2, 0) is 13.5 Å². The number of rotatable bonds is 4. The number of aromatic nitrogens is 6. The molecule has 3 heterocycles. The van der Waals surface area contributed by atoms with Crippen LogP contribution in [0.15, 0.2) is 72.2 Å². The van der Waals surface area contributed by atoms with Crippen molar-refractivity contribution in [2.75, 3.05) is 0 Å². The lowest BCUT2D eigenvalue weighted by Gasteiger charge is -2.07. The molecule has 0 spiro atoms. The van der Waals surface area contributed by atoms with Crippen molar-refractivity contribution in [3.05, 3.63) is 88.9 Å². The summed E-state index contributed by atoms with van der Waals surface area (Å²) in [4.78, 5) is 12.2. The Morgan fingerprint density at radius 3 is 2.68 bits per heavy atom. The van der Waals surface area contributed by atoms with Crippen LogP contribution >= 0.6 is 0 Å². The molecule has 0 aliphatic carbocycles. The van der Waals surface area contributed by atoms with E-state index in [9.17, 15) is 4.79 Å². The lowest BCUT2D eigenvalue weighted by atomic mass is 10.1. The highest BCUT2D eigenvalue weighted by Crippen LogP contribution is 2.12. The van der Waals surface area contributed by atoms with Crippen LogP contribution in [0, 0.1) is 0 Å². The molecule has 4 aromatic rings. The van der Waals surface area contributed by atoms with Crippen molar-refractivity contribution in [2.24, 2.45) is 7.05 Å². The predicted octanol–water partition coefficient (Wildman–Crippen LogP) is 1.74. The minimum absolute atomic E-state index is 0.0790. The first-order valence-electron chi connectivity index (χ1n) is 7.86. The molecule has 4 rings (SSSR count). The van der Waals surface area contributed by atoms with Crippen LogP contribution in [0.1, 0.15) is 11.3 Å². The van der Waals surface area contributed by atoms with Gasteiger partial charge in [-0.25, -0.2) is 9.36 Å². The van der Waals surface area contributed by atoms with Crippen LogP contribution in [0.3, 0.4) is 0 Å². The first-order valence-corrected chi connectivity index (χ1v) is 7.86. The molecule has 0 fully saturated rings. The highest BCUT2D eigenvalue weighted by atomic mass is 16.1. The molecular formula is C18H16N6O. The molecule has 7 heteroatoms. The van der Waals surface area contributed by atoms with E-state index in [2.05, 4.69) is 15.3 Å². The van der Waals surface area contributed by atoms with Gasteiger partial charge in [-0.05, 0) is 23.8 Å². The van der Waals surface area contributed by atoms with E-state index in [1.807, 2.05) is 49.8 Å². The summed E-state index contributed by atoms with van der Waals surface area (Å²) in [6, 6.07) is 11.3. The third-order valence-electron chi connectivity index (χ3n) is 3.89. The average Bonchev–Trinajstić information content (AvgIpc) is 3.29. The molecule has 0 saturated heterocycles. The van der Waals surface area contributed by atoms with Gasteiger partial charge in [0, 0.05) is 38.1 Å². The van der Waals surface area contributed by atoms with Crippen LogP contribution < -0.4 is 5.43 Å². The second-order valence-corrected chi connectivity index (χ2v) is 5.74. The normalized spacial score (nSPS) is 10.9. The summed E-state index contributed by atoms with van der Waals surface area (Å²) in [6.07, 6.45) is 9.28. The smallest absolute Gasteiger partial charge is 0.203 e. The molecule has 0 radical (unpaired) electrons. The minimum atomic E-state index is -0.0790. The molecule has 0 saturated carbocycles. The molecule has 0 aliphatic heterocycles. The SMILES string of the molecule is Cn1cc(-n2ccc(=O)c(Cc3cccc(-n4cccn4)c3)n2)cn1. The number of aryl methyl sites for hydroxylation is 1. The van der Waals surface area contributed by atoms with Crippen LogP contribution in [0.2, 0.25) is 0 Å². The van der Waals surface area contributed by atoms with Crippen LogP contribution in [0.5, 0.6) is 0 Å². The molecule has 0 unspecified atom stereocenters. The molecule has 25 heavy (non-hydrogen) atoms. The number of benzene rings is 1. The predicted molar refractivity (Wildman–Crippen MR) is 93.0 cm³/mol. The van der Waals surface area contributed by atoms with Crippen LogP contribution in [0.25, 0.3) is 11.4 Å². The average molecular weight is 332 g/mol. The van der Waals surface area contributed by atoms with Crippen molar-refractivity contribution >= 4 is 0 Å². The first-order chi connectivity index (χ1) is 12.2. The van der Waals surface area contributed by atoms with E-state index in [0.717, 1.165) is 16.9 Å².